The van der Waals surface area contributed by atoms with Crippen LogP contribution in [0, 0.1) is 29.1 Å². The number of nitrogens with zero attached hydrogens (tertiary/aromatic N) is 4. The van der Waals surface area contributed by atoms with Gasteiger partial charge in [0.05, 0.1) is 6.54 Å². The first-order valence-electron chi connectivity index (χ1n) is 9.82. The van der Waals surface area contributed by atoms with Gasteiger partial charge in [-0.3, -0.25) is 9.47 Å². The first kappa shape index (κ1) is 21.8. The molecule has 3 aromatic rings. The lowest BCUT2D eigenvalue weighted by Crippen LogP contribution is -2.30. The molecule has 0 atom stereocenters. The second-order valence-corrected chi connectivity index (χ2v) is 8.19. The van der Waals surface area contributed by atoms with E-state index in [0.29, 0.717) is 17.5 Å². The van der Waals surface area contributed by atoms with Gasteiger partial charge in [-0.15, -0.1) is 10.2 Å². The van der Waals surface area contributed by atoms with E-state index < -0.39 is 40.4 Å². The molecule has 0 aliphatic carbocycles. The zero-order chi connectivity index (χ0) is 22.0. The van der Waals surface area contributed by atoms with Crippen molar-refractivity contribution in [3.63, 3.8) is 0 Å². The highest BCUT2D eigenvalue weighted by Crippen LogP contribution is 2.31. The summed E-state index contributed by atoms with van der Waals surface area (Å²) in [6.07, 6.45) is 3.38. The van der Waals surface area contributed by atoms with E-state index in [4.69, 9.17) is 0 Å². The van der Waals surface area contributed by atoms with E-state index in [-0.39, 0.29) is 0 Å². The van der Waals surface area contributed by atoms with Crippen LogP contribution in [-0.2, 0) is 12.3 Å². The maximum Gasteiger partial charge on any atom is 0.200 e. The quantitative estimate of drug-likeness (QED) is 0.221. The standard InChI is InChI=1S/C21H19F5N4S/c22-16-14(17(23)19(25)20(26)18(16)24)12-31-21-28-27-15(11-29-9-5-2-6-10-29)30(21)13-7-3-1-4-8-13/h1,3-4,7-8H,2,5-6,9-12H2. The van der Waals surface area contributed by atoms with Gasteiger partial charge in [-0.25, -0.2) is 22.0 Å². The normalized spacial score (nSPS) is 14.9. The molecule has 0 N–H and O–H groups in total. The Balaban J connectivity index is 1.65. The minimum Gasteiger partial charge on any atom is -0.296 e. The summed E-state index contributed by atoms with van der Waals surface area (Å²) in [5.74, 6) is -9.57. The van der Waals surface area contributed by atoms with Crippen LogP contribution < -0.4 is 0 Å². The van der Waals surface area contributed by atoms with Crippen LogP contribution in [0.4, 0.5) is 22.0 Å². The van der Waals surface area contributed by atoms with Gasteiger partial charge < -0.3 is 0 Å². The van der Waals surface area contributed by atoms with Crippen molar-refractivity contribution in [2.45, 2.75) is 36.7 Å². The SMILES string of the molecule is Fc1c(F)c(F)c(CSc2nnc(CN3CCCCC3)n2-c2ccccc2)c(F)c1F. The highest BCUT2D eigenvalue weighted by molar-refractivity contribution is 7.98. The molecule has 1 aliphatic rings. The van der Waals surface area contributed by atoms with Gasteiger partial charge in [-0.2, -0.15) is 0 Å². The third kappa shape index (κ3) is 4.45. The van der Waals surface area contributed by atoms with E-state index in [9.17, 15) is 22.0 Å². The monoisotopic (exact) mass is 454 g/mol. The molecule has 1 aliphatic heterocycles. The summed E-state index contributed by atoms with van der Waals surface area (Å²) >= 11 is 0.864. The smallest absolute Gasteiger partial charge is 0.200 e. The molecule has 0 radical (unpaired) electrons. The molecule has 0 bridgehead atoms. The highest BCUT2D eigenvalue weighted by atomic mass is 32.2. The van der Waals surface area contributed by atoms with Crippen molar-refractivity contribution in [3.05, 3.63) is 70.8 Å². The molecule has 10 heteroatoms. The number of piperidine rings is 1. The van der Waals surface area contributed by atoms with Crippen LogP contribution >= 0.6 is 11.8 Å². The van der Waals surface area contributed by atoms with Gasteiger partial charge in [0.1, 0.15) is 0 Å². The van der Waals surface area contributed by atoms with Gasteiger partial charge in [0.2, 0.25) is 5.82 Å². The van der Waals surface area contributed by atoms with Crippen LogP contribution in [0.25, 0.3) is 5.69 Å². The number of likely N-dealkylation sites (tertiary alicyclic amines) is 1. The molecule has 31 heavy (non-hydrogen) atoms. The van der Waals surface area contributed by atoms with Gasteiger partial charge in [0.25, 0.3) is 0 Å². The zero-order valence-corrected chi connectivity index (χ0v) is 17.2. The number of para-hydroxylation sites is 1. The molecule has 0 spiro atoms. The molecular weight excluding hydrogens is 435 g/mol. The van der Waals surface area contributed by atoms with Crippen molar-refractivity contribution in [2.75, 3.05) is 13.1 Å². The molecule has 1 aromatic heterocycles. The number of halogens is 5. The molecular formula is C21H19F5N4S. The van der Waals surface area contributed by atoms with Crippen LogP contribution in [0.15, 0.2) is 35.5 Å². The lowest BCUT2D eigenvalue weighted by Gasteiger charge is -2.26. The van der Waals surface area contributed by atoms with Crippen molar-refractivity contribution in [1.82, 2.24) is 19.7 Å². The van der Waals surface area contributed by atoms with Gasteiger partial charge >= 0.3 is 0 Å². The minimum atomic E-state index is -2.17. The third-order valence-corrected chi connectivity index (χ3v) is 6.13. The van der Waals surface area contributed by atoms with Crippen LogP contribution in [0.1, 0.15) is 30.7 Å². The Kier molecular flexibility index (Phi) is 6.57. The van der Waals surface area contributed by atoms with Crippen molar-refractivity contribution >= 4 is 11.8 Å². The Bertz CT molecular complexity index is 1040. The van der Waals surface area contributed by atoms with Gasteiger partial charge in [0, 0.05) is 17.0 Å². The second kappa shape index (κ2) is 9.35. The van der Waals surface area contributed by atoms with E-state index in [0.717, 1.165) is 43.4 Å². The first-order valence-corrected chi connectivity index (χ1v) is 10.8. The Labute approximate surface area is 180 Å². The van der Waals surface area contributed by atoms with Gasteiger partial charge in [0.15, 0.2) is 34.2 Å². The summed E-state index contributed by atoms with van der Waals surface area (Å²) in [5.41, 5.74) is -0.138. The van der Waals surface area contributed by atoms with Crippen molar-refractivity contribution in [1.29, 1.82) is 0 Å². The summed E-state index contributed by atoms with van der Waals surface area (Å²) in [4.78, 5) is 2.26. The second-order valence-electron chi connectivity index (χ2n) is 7.24. The number of rotatable bonds is 6. The molecule has 0 saturated carbocycles. The Hall–Kier alpha value is -2.46. The summed E-state index contributed by atoms with van der Waals surface area (Å²) < 4.78 is 70.2. The molecule has 4 rings (SSSR count). The minimum absolute atomic E-state index is 0.308. The largest absolute Gasteiger partial charge is 0.296 e. The predicted molar refractivity (Wildman–Crippen MR) is 106 cm³/mol. The molecule has 4 nitrogen and oxygen atoms in total. The van der Waals surface area contributed by atoms with Crippen molar-refractivity contribution in [3.8, 4) is 5.69 Å². The molecule has 2 aromatic carbocycles. The Morgan fingerprint density at radius 1 is 0.774 bits per heavy atom. The zero-order valence-electron chi connectivity index (χ0n) is 16.4. The summed E-state index contributed by atoms with van der Waals surface area (Å²) in [6, 6.07) is 9.19. The number of hydrogen-bond acceptors (Lipinski definition) is 4. The number of benzene rings is 2. The van der Waals surface area contributed by atoms with Gasteiger partial charge in [-0.1, -0.05) is 36.4 Å². The van der Waals surface area contributed by atoms with E-state index in [1.54, 1.807) is 4.57 Å². The summed E-state index contributed by atoms with van der Waals surface area (Å²) in [6.45, 7) is 2.42. The lowest BCUT2D eigenvalue weighted by molar-refractivity contribution is 0.214. The number of hydrogen-bond donors (Lipinski definition) is 0. The van der Waals surface area contributed by atoms with Crippen LogP contribution in [0.2, 0.25) is 0 Å². The highest BCUT2D eigenvalue weighted by Gasteiger charge is 2.26. The third-order valence-electron chi connectivity index (χ3n) is 5.17. The summed E-state index contributed by atoms with van der Waals surface area (Å²) in [5, 5.41) is 8.69. The topological polar surface area (TPSA) is 34.0 Å². The van der Waals surface area contributed by atoms with E-state index >= 15 is 0 Å². The van der Waals surface area contributed by atoms with Crippen LogP contribution in [0.5, 0.6) is 0 Å². The fourth-order valence-corrected chi connectivity index (χ4v) is 4.53. The van der Waals surface area contributed by atoms with Crippen molar-refractivity contribution in [2.24, 2.45) is 0 Å². The Morgan fingerprint density at radius 3 is 2.03 bits per heavy atom. The molecule has 0 amide bonds. The van der Waals surface area contributed by atoms with E-state index in [1.165, 1.54) is 6.42 Å². The van der Waals surface area contributed by atoms with Crippen LogP contribution in [0.3, 0.4) is 0 Å². The predicted octanol–water partition coefficient (Wildman–Crippen LogP) is 5.24. The molecule has 2 heterocycles. The first-order chi connectivity index (χ1) is 15.0. The fraction of sp³-hybridized carbons (Fsp3) is 0.333. The Morgan fingerprint density at radius 2 is 1.39 bits per heavy atom. The molecule has 164 valence electrons. The maximum absolute atomic E-state index is 14.1. The van der Waals surface area contributed by atoms with Gasteiger partial charge in [-0.05, 0) is 38.1 Å². The fourth-order valence-electron chi connectivity index (χ4n) is 3.56. The van der Waals surface area contributed by atoms with Crippen LogP contribution in [-0.4, -0.2) is 32.8 Å². The average molecular weight is 454 g/mol. The molecule has 1 saturated heterocycles. The number of aromatic nitrogens is 3. The lowest BCUT2D eigenvalue weighted by atomic mass is 10.1. The van der Waals surface area contributed by atoms with Crippen molar-refractivity contribution < 1.29 is 22.0 Å². The number of thioether (sulfide) groups is 1. The molecule has 1 fully saturated rings. The van der Waals surface area contributed by atoms with E-state index in [1.807, 2.05) is 30.3 Å². The van der Waals surface area contributed by atoms with E-state index in [2.05, 4.69) is 15.1 Å². The summed E-state index contributed by atoms with van der Waals surface area (Å²) in [7, 11) is 0. The maximum atomic E-state index is 14.1. The average Bonchev–Trinajstić information content (AvgIpc) is 3.20. The molecule has 0 unspecified atom stereocenters.